The summed E-state index contributed by atoms with van der Waals surface area (Å²) < 4.78 is 38.7. The first-order valence-electron chi connectivity index (χ1n) is 14.1. The Hall–Kier alpha value is -4.73. The zero-order valence-corrected chi connectivity index (χ0v) is 26.3. The molecule has 240 valence electrons. The monoisotopic (exact) mass is 639 g/mol. The molecule has 0 saturated carbocycles. The quantitative estimate of drug-likeness (QED) is 0.217. The van der Waals surface area contributed by atoms with Crippen molar-refractivity contribution < 1.29 is 32.3 Å². The van der Waals surface area contributed by atoms with Crippen LogP contribution in [0.3, 0.4) is 0 Å². The highest BCUT2D eigenvalue weighted by Gasteiger charge is 2.31. The summed E-state index contributed by atoms with van der Waals surface area (Å²) in [6.45, 7) is 0.950. The van der Waals surface area contributed by atoms with E-state index in [1.54, 1.807) is 36.4 Å². The largest absolute Gasteiger partial charge is 0.496 e. The lowest BCUT2D eigenvalue weighted by Gasteiger charge is -2.31. The first-order valence-corrected chi connectivity index (χ1v) is 15.6. The first-order chi connectivity index (χ1) is 21.5. The third kappa shape index (κ3) is 8.26. The molecule has 2 aromatic carbocycles. The second kappa shape index (κ2) is 14.8. The Morgan fingerprint density at radius 3 is 2.33 bits per heavy atom. The maximum atomic E-state index is 13.4. The molecule has 45 heavy (non-hydrogen) atoms. The number of benzene rings is 2. The fourth-order valence-electron chi connectivity index (χ4n) is 4.75. The van der Waals surface area contributed by atoms with Gasteiger partial charge in [-0.3, -0.25) is 19.5 Å². The molecule has 3 aromatic rings. The van der Waals surface area contributed by atoms with Gasteiger partial charge in [-0.15, -0.1) is 0 Å². The minimum Gasteiger partial charge on any atom is -0.496 e. The van der Waals surface area contributed by atoms with Crippen molar-refractivity contribution in [1.82, 2.24) is 24.7 Å². The maximum Gasteiger partial charge on any atom is 0.271 e. The normalized spacial score (nSPS) is 14.3. The van der Waals surface area contributed by atoms with Gasteiger partial charge in [0.15, 0.2) is 0 Å². The standard InChI is InChI=1S/C30H37N7O7S/c1-36(2)15-7-12-26(38)32-21-8-5-9-22(18-21)45(41,42)37-16-13-20(14-17-37)33-30(40)28-23(19-31-35-28)34-29(39)27-24(43-3)10-6-11-25(27)44-4/h5-12,18-20H,13-17H2,1-4H3,(H,31,35)(H,32,38)(H,33,40)(H,34,39)/b12-7+. The van der Waals surface area contributed by atoms with Crippen molar-refractivity contribution in [3.8, 4) is 11.5 Å². The number of anilines is 2. The van der Waals surface area contributed by atoms with Crippen molar-refractivity contribution in [2.45, 2.75) is 23.8 Å². The number of nitrogens with one attached hydrogen (secondary N) is 4. The fourth-order valence-corrected chi connectivity index (χ4v) is 6.27. The zero-order chi connectivity index (χ0) is 32.6. The molecule has 1 saturated heterocycles. The average Bonchev–Trinajstić information content (AvgIpc) is 3.49. The lowest BCUT2D eigenvalue weighted by molar-refractivity contribution is -0.111. The summed E-state index contributed by atoms with van der Waals surface area (Å²) >= 11 is 0. The number of likely N-dealkylation sites (N-methyl/N-ethyl adjacent to an activating group) is 1. The van der Waals surface area contributed by atoms with Gasteiger partial charge >= 0.3 is 0 Å². The number of rotatable bonds is 12. The number of H-pyrrole nitrogens is 1. The molecule has 0 atom stereocenters. The molecule has 0 unspecified atom stereocenters. The van der Waals surface area contributed by atoms with Crippen LogP contribution < -0.4 is 25.4 Å². The number of nitrogens with zero attached hydrogens (tertiary/aromatic N) is 3. The lowest BCUT2D eigenvalue weighted by Crippen LogP contribution is -2.46. The third-order valence-electron chi connectivity index (χ3n) is 7.04. The predicted molar refractivity (Wildman–Crippen MR) is 168 cm³/mol. The Morgan fingerprint density at radius 2 is 1.69 bits per heavy atom. The van der Waals surface area contributed by atoms with Crippen LogP contribution in [-0.2, 0) is 14.8 Å². The van der Waals surface area contributed by atoms with Gasteiger partial charge in [-0.1, -0.05) is 18.2 Å². The van der Waals surface area contributed by atoms with Crippen molar-refractivity contribution >= 4 is 39.1 Å². The summed E-state index contributed by atoms with van der Waals surface area (Å²) in [5.74, 6) is -0.816. The van der Waals surface area contributed by atoms with Crippen molar-refractivity contribution in [1.29, 1.82) is 0 Å². The number of ether oxygens (including phenoxy) is 2. The number of hydrogen-bond acceptors (Lipinski definition) is 9. The van der Waals surface area contributed by atoms with Crippen LogP contribution in [0.2, 0.25) is 0 Å². The second-order valence-corrected chi connectivity index (χ2v) is 12.4. The van der Waals surface area contributed by atoms with Gasteiger partial charge in [0, 0.05) is 37.4 Å². The van der Waals surface area contributed by atoms with E-state index in [-0.39, 0.29) is 46.9 Å². The van der Waals surface area contributed by atoms with Crippen molar-refractivity contribution in [2.24, 2.45) is 0 Å². The molecule has 0 bridgehead atoms. The highest BCUT2D eigenvalue weighted by molar-refractivity contribution is 7.89. The lowest BCUT2D eigenvalue weighted by atomic mass is 10.1. The Morgan fingerprint density at radius 1 is 1.02 bits per heavy atom. The number of aromatic amines is 1. The van der Waals surface area contributed by atoms with Crippen LogP contribution in [-0.4, -0.2) is 99.5 Å². The molecule has 0 aliphatic carbocycles. The average molecular weight is 640 g/mol. The van der Waals surface area contributed by atoms with E-state index in [0.29, 0.717) is 36.6 Å². The van der Waals surface area contributed by atoms with E-state index in [1.807, 2.05) is 19.0 Å². The minimum absolute atomic E-state index is 0.0442. The molecule has 1 fully saturated rings. The number of hydrogen-bond donors (Lipinski definition) is 4. The molecule has 0 radical (unpaired) electrons. The number of methoxy groups -OCH3 is 2. The summed E-state index contributed by atoms with van der Waals surface area (Å²) in [6.07, 6.45) is 5.17. The summed E-state index contributed by atoms with van der Waals surface area (Å²) in [7, 11) is 2.79. The Balaban J connectivity index is 1.35. The van der Waals surface area contributed by atoms with Gasteiger partial charge in [-0.2, -0.15) is 9.40 Å². The molecule has 2 heterocycles. The van der Waals surface area contributed by atoms with Crippen LogP contribution >= 0.6 is 0 Å². The molecule has 14 nitrogen and oxygen atoms in total. The first kappa shape index (κ1) is 33.2. The van der Waals surface area contributed by atoms with Crippen molar-refractivity contribution in [3.63, 3.8) is 0 Å². The van der Waals surface area contributed by atoms with Gasteiger partial charge < -0.3 is 30.3 Å². The van der Waals surface area contributed by atoms with Crippen LogP contribution in [0.1, 0.15) is 33.7 Å². The van der Waals surface area contributed by atoms with Gasteiger partial charge in [-0.05, 0) is 57.3 Å². The molecule has 4 rings (SSSR count). The van der Waals surface area contributed by atoms with Crippen molar-refractivity contribution in [2.75, 3.05) is 58.6 Å². The summed E-state index contributed by atoms with van der Waals surface area (Å²) in [5.41, 5.74) is 0.728. The molecule has 3 amide bonds. The zero-order valence-electron chi connectivity index (χ0n) is 25.5. The van der Waals surface area contributed by atoms with Crippen LogP contribution in [0.4, 0.5) is 11.4 Å². The minimum atomic E-state index is -3.84. The van der Waals surface area contributed by atoms with E-state index in [9.17, 15) is 22.8 Å². The van der Waals surface area contributed by atoms with Crippen LogP contribution in [0.5, 0.6) is 11.5 Å². The summed E-state index contributed by atoms with van der Waals surface area (Å²) in [5, 5.41) is 14.8. The summed E-state index contributed by atoms with van der Waals surface area (Å²) in [6, 6.07) is 10.7. The molecule has 15 heteroatoms. The fraction of sp³-hybridized carbons (Fsp3) is 0.333. The molecular weight excluding hydrogens is 602 g/mol. The molecule has 0 spiro atoms. The highest BCUT2D eigenvalue weighted by Crippen LogP contribution is 2.29. The van der Waals surface area contributed by atoms with Gasteiger partial charge in [-0.25, -0.2) is 8.42 Å². The van der Waals surface area contributed by atoms with Gasteiger partial charge in [0.2, 0.25) is 15.9 Å². The predicted octanol–water partition coefficient (Wildman–Crippen LogP) is 2.32. The van der Waals surface area contributed by atoms with Crippen LogP contribution in [0.15, 0.2) is 65.7 Å². The second-order valence-electron chi connectivity index (χ2n) is 10.5. The SMILES string of the molecule is COc1cccc(OC)c1C(=O)Nc1cn[nH]c1C(=O)NC1CCN(S(=O)(=O)c2cccc(NC(=O)/C=C/CN(C)C)c2)CC1. The van der Waals surface area contributed by atoms with E-state index in [1.165, 1.54) is 42.9 Å². The maximum absolute atomic E-state index is 13.4. The van der Waals surface area contributed by atoms with Crippen LogP contribution in [0.25, 0.3) is 0 Å². The van der Waals surface area contributed by atoms with Crippen molar-refractivity contribution in [3.05, 3.63) is 72.1 Å². The number of carbonyl (C=O) groups excluding carboxylic acids is 3. The Bertz CT molecular complexity index is 1640. The number of carbonyl (C=O) groups is 3. The number of aromatic nitrogens is 2. The van der Waals surface area contributed by atoms with Gasteiger partial charge in [0.1, 0.15) is 22.8 Å². The molecule has 1 aromatic heterocycles. The van der Waals surface area contributed by atoms with E-state index in [2.05, 4.69) is 26.1 Å². The van der Waals surface area contributed by atoms with Gasteiger partial charge in [0.05, 0.1) is 31.0 Å². The molecular formula is C30H37N7O7S. The van der Waals surface area contributed by atoms with Crippen LogP contribution in [0, 0.1) is 0 Å². The molecule has 1 aliphatic heterocycles. The number of piperidine rings is 1. The van der Waals surface area contributed by atoms with E-state index in [0.717, 1.165) is 0 Å². The highest BCUT2D eigenvalue weighted by atomic mass is 32.2. The summed E-state index contributed by atoms with van der Waals surface area (Å²) in [4.78, 5) is 40.4. The Labute approximate surface area is 261 Å². The van der Waals surface area contributed by atoms with E-state index in [4.69, 9.17) is 9.47 Å². The number of sulfonamides is 1. The Kier molecular flexibility index (Phi) is 10.9. The van der Waals surface area contributed by atoms with E-state index >= 15 is 0 Å². The number of amides is 3. The van der Waals surface area contributed by atoms with E-state index < -0.39 is 21.8 Å². The smallest absolute Gasteiger partial charge is 0.271 e. The topological polar surface area (TPSA) is 175 Å². The molecule has 1 aliphatic rings. The molecule has 4 N–H and O–H groups in total. The third-order valence-corrected chi connectivity index (χ3v) is 8.93. The van der Waals surface area contributed by atoms with Gasteiger partial charge in [0.25, 0.3) is 11.8 Å².